The highest BCUT2D eigenvalue weighted by Crippen LogP contribution is 2.32. The first kappa shape index (κ1) is 16.9. The second-order valence-electron chi connectivity index (χ2n) is 6.20. The average molecular weight is 360 g/mol. The van der Waals surface area contributed by atoms with Gasteiger partial charge in [-0.1, -0.05) is 23.8 Å². The first-order valence-electron chi connectivity index (χ1n) is 8.58. The Labute approximate surface area is 157 Å². The molecule has 0 unspecified atom stereocenters. The summed E-state index contributed by atoms with van der Waals surface area (Å²) in [5, 5.41) is 3.35. The van der Waals surface area contributed by atoms with Crippen LogP contribution in [0.3, 0.4) is 0 Å². The molecular formula is C21H20N4O2. The first-order valence-corrected chi connectivity index (χ1v) is 8.58. The molecule has 0 atom stereocenters. The molecule has 4 rings (SSSR count). The van der Waals surface area contributed by atoms with E-state index < -0.39 is 0 Å². The van der Waals surface area contributed by atoms with Crippen LogP contribution >= 0.6 is 0 Å². The van der Waals surface area contributed by atoms with E-state index in [9.17, 15) is 0 Å². The molecule has 4 aromatic rings. The number of hydrogen-bond donors (Lipinski definition) is 1. The fourth-order valence-corrected chi connectivity index (χ4v) is 3.01. The van der Waals surface area contributed by atoms with Crippen LogP contribution in [0.2, 0.25) is 0 Å². The fourth-order valence-electron chi connectivity index (χ4n) is 3.01. The maximum Gasteiger partial charge on any atom is 0.180 e. The molecular weight excluding hydrogens is 340 g/mol. The molecule has 2 aromatic carbocycles. The van der Waals surface area contributed by atoms with Gasteiger partial charge in [0, 0.05) is 35.9 Å². The number of ether oxygens (including phenoxy) is 2. The number of benzene rings is 2. The highest BCUT2D eigenvalue weighted by atomic mass is 16.5. The highest BCUT2D eigenvalue weighted by molar-refractivity contribution is 5.74. The Bertz CT molecular complexity index is 1100. The molecule has 0 saturated carbocycles. The summed E-state index contributed by atoms with van der Waals surface area (Å²) >= 11 is 0. The number of rotatable bonds is 5. The topological polar surface area (TPSA) is 60.7 Å². The molecule has 0 aliphatic carbocycles. The van der Waals surface area contributed by atoms with Gasteiger partial charge in [-0.15, -0.1) is 0 Å². The normalized spacial score (nSPS) is 10.8. The summed E-state index contributed by atoms with van der Waals surface area (Å²) in [4.78, 5) is 9.24. The van der Waals surface area contributed by atoms with Crippen molar-refractivity contribution in [3.8, 4) is 22.8 Å². The Morgan fingerprint density at radius 2 is 1.85 bits per heavy atom. The zero-order valence-corrected chi connectivity index (χ0v) is 15.4. The van der Waals surface area contributed by atoms with Crippen LogP contribution in [-0.2, 0) is 0 Å². The summed E-state index contributed by atoms with van der Waals surface area (Å²) in [5.74, 6) is 2.00. The van der Waals surface area contributed by atoms with E-state index in [1.165, 1.54) is 5.56 Å². The Morgan fingerprint density at radius 1 is 1.00 bits per heavy atom. The standard InChI is InChI=1S/C21H20N4O2/c1-14-5-4-6-15(11-14)17-13-25-10-9-22-21(25)20(24-17)23-16-7-8-18(26-2)19(12-16)27-3/h4-13H,1-3H3,(H,23,24). The minimum absolute atomic E-state index is 0.650. The summed E-state index contributed by atoms with van der Waals surface area (Å²) < 4.78 is 12.7. The molecule has 0 spiro atoms. The van der Waals surface area contributed by atoms with Crippen molar-refractivity contribution in [1.29, 1.82) is 0 Å². The van der Waals surface area contributed by atoms with Crippen molar-refractivity contribution in [2.45, 2.75) is 6.92 Å². The average Bonchev–Trinajstić information content (AvgIpc) is 3.17. The number of fused-ring (bicyclic) bond motifs is 1. The van der Waals surface area contributed by atoms with E-state index in [0.717, 1.165) is 22.6 Å². The number of nitrogens with zero attached hydrogens (tertiary/aromatic N) is 3. The molecule has 0 aliphatic heterocycles. The minimum Gasteiger partial charge on any atom is -0.493 e. The van der Waals surface area contributed by atoms with E-state index in [1.807, 2.05) is 41.1 Å². The molecule has 27 heavy (non-hydrogen) atoms. The van der Waals surface area contributed by atoms with Crippen LogP contribution in [0, 0.1) is 6.92 Å². The molecule has 0 aliphatic rings. The fraction of sp³-hybridized carbons (Fsp3) is 0.143. The molecule has 0 fully saturated rings. The molecule has 0 amide bonds. The summed E-state index contributed by atoms with van der Waals surface area (Å²) in [6.45, 7) is 2.07. The molecule has 136 valence electrons. The van der Waals surface area contributed by atoms with Crippen LogP contribution < -0.4 is 14.8 Å². The molecule has 1 N–H and O–H groups in total. The van der Waals surface area contributed by atoms with Crippen molar-refractivity contribution in [1.82, 2.24) is 14.4 Å². The lowest BCUT2D eigenvalue weighted by Crippen LogP contribution is -2.01. The van der Waals surface area contributed by atoms with Gasteiger partial charge >= 0.3 is 0 Å². The second-order valence-corrected chi connectivity index (χ2v) is 6.20. The zero-order valence-electron chi connectivity index (χ0n) is 15.4. The van der Waals surface area contributed by atoms with Crippen molar-refractivity contribution >= 4 is 17.2 Å². The number of aromatic nitrogens is 3. The molecule has 6 heteroatoms. The second kappa shape index (κ2) is 6.99. The predicted molar refractivity (Wildman–Crippen MR) is 106 cm³/mol. The summed E-state index contributed by atoms with van der Waals surface area (Å²) in [6.07, 6.45) is 5.66. The Morgan fingerprint density at radius 3 is 2.63 bits per heavy atom. The van der Waals surface area contributed by atoms with Gasteiger partial charge in [-0.05, 0) is 25.1 Å². The van der Waals surface area contributed by atoms with Gasteiger partial charge in [0.25, 0.3) is 0 Å². The Kier molecular flexibility index (Phi) is 4.38. The van der Waals surface area contributed by atoms with E-state index >= 15 is 0 Å². The Hall–Kier alpha value is -3.54. The third kappa shape index (κ3) is 3.29. The van der Waals surface area contributed by atoms with E-state index in [-0.39, 0.29) is 0 Å². The van der Waals surface area contributed by atoms with Crippen LogP contribution in [0.1, 0.15) is 5.56 Å². The predicted octanol–water partition coefficient (Wildman–Crippen LogP) is 4.47. The van der Waals surface area contributed by atoms with Crippen molar-refractivity contribution in [3.05, 3.63) is 66.6 Å². The monoisotopic (exact) mass is 360 g/mol. The molecule has 2 aromatic heterocycles. The van der Waals surface area contributed by atoms with Gasteiger partial charge < -0.3 is 19.2 Å². The highest BCUT2D eigenvalue weighted by Gasteiger charge is 2.11. The summed E-state index contributed by atoms with van der Waals surface area (Å²) in [6, 6.07) is 13.9. The zero-order chi connectivity index (χ0) is 18.8. The van der Waals surface area contributed by atoms with Crippen molar-refractivity contribution in [2.75, 3.05) is 19.5 Å². The van der Waals surface area contributed by atoms with Crippen molar-refractivity contribution in [2.24, 2.45) is 0 Å². The van der Waals surface area contributed by atoms with E-state index in [1.54, 1.807) is 20.4 Å². The largest absolute Gasteiger partial charge is 0.493 e. The quantitative estimate of drug-likeness (QED) is 0.569. The smallest absolute Gasteiger partial charge is 0.180 e. The van der Waals surface area contributed by atoms with Gasteiger partial charge in [-0.25, -0.2) is 9.97 Å². The van der Waals surface area contributed by atoms with Gasteiger partial charge in [0.05, 0.1) is 19.9 Å². The Balaban J connectivity index is 1.78. The maximum atomic E-state index is 5.39. The number of aryl methyl sites for hydroxylation is 1. The number of methoxy groups -OCH3 is 2. The van der Waals surface area contributed by atoms with Crippen LogP contribution in [0.4, 0.5) is 11.5 Å². The lowest BCUT2D eigenvalue weighted by Gasteiger charge is -2.13. The molecule has 0 radical (unpaired) electrons. The van der Waals surface area contributed by atoms with E-state index in [4.69, 9.17) is 14.5 Å². The van der Waals surface area contributed by atoms with Crippen LogP contribution in [0.15, 0.2) is 61.1 Å². The third-order valence-corrected chi connectivity index (χ3v) is 4.33. The summed E-state index contributed by atoms with van der Waals surface area (Å²) in [7, 11) is 3.23. The minimum atomic E-state index is 0.650. The molecule has 0 bridgehead atoms. The number of imidazole rings is 1. The number of hydrogen-bond acceptors (Lipinski definition) is 5. The SMILES string of the molecule is COc1ccc(Nc2nc(-c3cccc(C)c3)cn3ccnc23)cc1OC. The molecule has 6 nitrogen and oxygen atoms in total. The van der Waals surface area contributed by atoms with Gasteiger partial charge in [0.2, 0.25) is 0 Å². The lowest BCUT2D eigenvalue weighted by atomic mass is 10.1. The number of anilines is 2. The molecule has 0 saturated heterocycles. The van der Waals surface area contributed by atoms with Gasteiger partial charge in [-0.3, -0.25) is 0 Å². The van der Waals surface area contributed by atoms with Gasteiger partial charge in [0.15, 0.2) is 23.0 Å². The lowest BCUT2D eigenvalue weighted by molar-refractivity contribution is 0.355. The van der Waals surface area contributed by atoms with Crippen molar-refractivity contribution in [3.63, 3.8) is 0 Å². The van der Waals surface area contributed by atoms with Crippen LogP contribution in [0.25, 0.3) is 16.9 Å². The van der Waals surface area contributed by atoms with Crippen molar-refractivity contribution < 1.29 is 9.47 Å². The van der Waals surface area contributed by atoms with Gasteiger partial charge in [0.1, 0.15) is 0 Å². The summed E-state index contributed by atoms with van der Waals surface area (Å²) in [5.41, 5.74) is 4.70. The third-order valence-electron chi connectivity index (χ3n) is 4.33. The molecule has 2 heterocycles. The number of nitrogens with one attached hydrogen (secondary N) is 1. The van der Waals surface area contributed by atoms with Gasteiger partial charge in [-0.2, -0.15) is 0 Å². The van der Waals surface area contributed by atoms with E-state index in [2.05, 4.69) is 35.4 Å². The van der Waals surface area contributed by atoms with Crippen LogP contribution in [-0.4, -0.2) is 28.6 Å². The van der Waals surface area contributed by atoms with E-state index in [0.29, 0.717) is 17.3 Å². The van der Waals surface area contributed by atoms with Crippen LogP contribution in [0.5, 0.6) is 11.5 Å². The maximum absolute atomic E-state index is 5.39. The first-order chi connectivity index (χ1) is 13.2.